The summed E-state index contributed by atoms with van der Waals surface area (Å²) in [4.78, 5) is 9.76. The molecule has 0 aromatic rings. The number of carbonyl (C=O) groups is 1. The van der Waals surface area contributed by atoms with Crippen molar-refractivity contribution in [1.29, 1.82) is 0 Å². The van der Waals surface area contributed by atoms with Crippen LogP contribution in [0.25, 0.3) is 0 Å². The second kappa shape index (κ2) is 22.7. The van der Waals surface area contributed by atoms with E-state index in [9.17, 15) is 4.79 Å². The quantitative estimate of drug-likeness (QED) is 0.377. The van der Waals surface area contributed by atoms with Crippen molar-refractivity contribution in [2.75, 3.05) is 13.6 Å². The number of rotatable bonds is 15. The van der Waals surface area contributed by atoms with Crippen LogP contribution in [0.15, 0.2) is 0 Å². The highest BCUT2D eigenvalue weighted by Gasteiger charge is 1.92. The molecule has 0 aromatic heterocycles. The number of carboxylic acids is 1. The van der Waals surface area contributed by atoms with Crippen molar-refractivity contribution in [1.82, 2.24) is 5.32 Å². The van der Waals surface area contributed by atoms with Crippen molar-refractivity contribution in [3.8, 4) is 0 Å². The van der Waals surface area contributed by atoms with Crippen LogP contribution < -0.4 is 5.32 Å². The van der Waals surface area contributed by atoms with Gasteiger partial charge in [0.2, 0.25) is 0 Å². The number of hydrogen-bond donors (Lipinski definition) is 2. The molecule has 0 atom stereocenters. The topological polar surface area (TPSA) is 49.3 Å². The van der Waals surface area contributed by atoms with Crippen molar-refractivity contribution < 1.29 is 9.90 Å². The fraction of sp³-hybridized carbons (Fsp3) is 0.947. The monoisotopic (exact) mass is 315 g/mol. The Bertz CT molecular complexity index is 196. The zero-order chi connectivity index (χ0) is 16.9. The third-order valence-electron chi connectivity index (χ3n) is 3.77. The third kappa shape index (κ3) is 27.7. The maximum absolute atomic E-state index is 9.76. The Labute approximate surface area is 139 Å². The molecule has 0 radical (unpaired) electrons. The van der Waals surface area contributed by atoms with E-state index in [1.807, 2.05) is 14.0 Å². The summed E-state index contributed by atoms with van der Waals surface area (Å²) in [6.45, 7) is 5.45. The molecule has 134 valence electrons. The minimum absolute atomic E-state index is 0.316. The summed E-state index contributed by atoms with van der Waals surface area (Å²) in [5.41, 5.74) is 0. The predicted octanol–water partition coefficient (Wildman–Crippen LogP) is 5.78. The van der Waals surface area contributed by atoms with E-state index in [0.29, 0.717) is 6.42 Å². The van der Waals surface area contributed by atoms with Gasteiger partial charge in [-0.15, -0.1) is 0 Å². The fourth-order valence-corrected chi connectivity index (χ4v) is 2.29. The summed E-state index contributed by atoms with van der Waals surface area (Å²) in [6.07, 6.45) is 17.9. The number of nitrogens with one attached hydrogen (secondary N) is 1. The van der Waals surface area contributed by atoms with Crippen LogP contribution in [0, 0.1) is 0 Å². The zero-order valence-electron chi connectivity index (χ0n) is 15.5. The van der Waals surface area contributed by atoms with E-state index in [1.54, 1.807) is 0 Å². The third-order valence-corrected chi connectivity index (χ3v) is 3.77. The maximum Gasteiger partial charge on any atom is 0.303 e. The van der Waals surface area contributed by atoms with Crippen LogP contribution in [0.2, 0.25) is 0 Å². The minimum atomic E-state index is -0.693. The summed E-state index contributed by atoms with van der Waals surface area (Å²) < 4.78 is 0. The van der Waals surface area contributed by atoms with Crippen LogP contribution in [0.4, 0.5) is 0 Å². The van der Waals surface area contributed by atoms with Gasteiger partial charge in [-0.1, -0.05) is 84.5 Å². The smallest absolute Gasteiger partial charge is 0.303 e. The standard InChI is InChI=1S/C14H31N.C5H10O2/c1-3-4-5-6-7-8-9-10-11-12-13-14-15-2;1-2-3-4-5(6)7/h15H,3-14H2,1-2H3;2-4H2,1H3,(H,6,7). The average Bonchev–Trinajstić information content (AvgIpc) is 2.51. The Hall–Kier alpha value is -0.570. The maximum atomic E-state index is 9.76. The lowest BCUT2D eigenvalue weighted by Crippen LogP contribution is -2.06. The largest absolute Gasteiger partial charge is 0.481 e. The Morgan fingerprint density at radius 1 is 0.727 bits per heavy atom. The number of aliphatic carboxylic acids is 1. The van der Waals surface area contributed by atoms with Crippen LogP contribution in [0.1, 0.15) is 104 Å². The number of carboxylic acid groups (broad SMARTS) is 1. The Morgan fingerprint density at radius 2 is 1.14 bits per heavy atom. The summed E-state index contributed by atoms with van der Waals surface area (Å²) in [5, 5.41) is 11.2. The van der Waals surface area contributed by atoms with Gasteiger partial charge in [-0.05, 0) is 26.4 Å². The lowest BCUT2D eigenvalue weighted by Gasteiger charge is -2.02. The molecule has 0 fully saturated rings. The lowest BCUT2D eigenvalue weighted by molar-refractivity contribution is -0.137. The second-order valence-electron chi connectivity index (χ2n) is 6.14. The molecule has 0 aliphatic carbocycles. The molecule has 0 spiro atoms. The zero-order valence-corrected chi connectivity index (χ0v) is 15.5. The van der Waals surface area contributed by atoms with Gasteiger partial charge >= 0.3 is 5.97 Å². The molecular formula is C19H41NO2. The molecule has 2 N–H and O–H groups in total. The van der Waals surface area contributed by atoms with E-state index in [0.717, 1.165) is 12.8 Å². The number of hydrogen-bond acceptors (Lipinski definition) is 2. The fourth-order valence-electron chi connectivity index (χ4n) is 2.29. The van der Waals surface area contributed by atoms with E-state index in [2.05, 4.69) is 12.2 Å². The van der Waals surface area contributed by atoms with Gasteiger partial charge in [0.25, 0.3) is 0 Å². The molecular weight excluding hydrogens is 274 g/mol. The van der Waals surface area contributed by atoms with Gasteiger partial charge in [-0.2, -0.15) is 0 Å². The van der Waals surface area contributed by atoms with Gasteiger partial charge in [0.05, 0.1) is 0 Å². The molecule has 0 bridgehead atoms. The molecule has 0 aliphatic rings. The van der Waals surface area contributed by atoms with Crippen molar-refractivity contribution in [3.05, 3.63) is 0 Å². The summed E-state index contributed by atoms with van der Waals surface area (Å²) in [6, 6.07) is 0. The molecule has 0 unspecified atom stereocenters. The summed E-state index contributed by atoms with van der Waals surface area (Å²) >= 11 is 0. The van der Waals surface area contributed by atoms with Crippen molar-refractivity contribution in [2.45, 2.75) is 104 Å². The molecule has 0 aliphatic heterocycles. The van der Waals surface area contributed by atoms with Crippen LogP contribution in [0.3, 0.4) is 0 Å². The Balaban J connectivity index is 0. The van der Waals surface area contributed by atoms with Crippen molar-refractivity contribution in [2.24, 2.45) is 0 Å². The first-order valence-electron chi connectivity index (χ1n) is 9.55. The molecule has 22 heavy (non-hydrogen) atoms. The van der Waals surface area contributed by atoms with Crippen LogP contribution in [-0.4, -0.2) is 24.7 Å². The highest BCUT2D eigenvalue weighted by Crippen LogP contribution is 2.10. The van der Waals surface area contributed by atoms with Crippen molar-refractivity contribution in [3.63, 3.8) is 0 Å². The van der Waals surface area contributed by atoms with E-state index in [-0.39, 0.29) is 0 Å². The molecule has 0 saturated carbocycles. The minimum Gasteiger partial charge on any atom is -0.481 e. The first kappa shape index (κ1) is 23.7. The summed E-state index contributed by atoms with van der Waals surface area (Å²) in [7, 11) is 2.04. The molecule has 0 rings (SSSR count). The normalized spacial score (nSPS) is 10.1. The molecule has 0 saturated heterocycles. The molecule has 0 amide bonds. The van der Waals surface area contributed by atoms with Gasteiger partial charge in [0, 0.05) is 6.42 Å². The Kier molecular flexibility index (Phi) is 24.5. The van der Waals surface area contributed by atoms with Gasteiger partial charge in [0.15, 0.2) is 0 Å². The van der Waals surface area contributed by atoms with E-state index < -0.39 is 5.97 Å². The first-order valence-corrected chi connectivity index (χ1v) is 9.55. The van der Waals surface area contributed by atoms with Gasteiger partial charge in [-0.3, -0.25) is 4.79 Å². The van der Waals surface area contributed by atoms with Gasteiger partial charge in [0.1, 0.15) is 0 Å². The lowest BCUT2D eigenvalue weighted by atomic mass is 10.1. The number of unbranched alkanes of at least 4 members (excludes halogenated alkanes) is 11. The predicted molar refractivity (Wildman–Crippen MR) is 97.5 cm³/mol. The Morgan fingerprint density at radius 3 is 1.45 bits per heavy atom. The van der Waals surface area contributed by atoms with Crippen LogP contribution in [-0.2, 0) is 4.79 Å². The average molecular weight is 316 g/mol. The molecule has 0 heterocycles. The van der Waals surface area contributed by atoms with E-state index in [1.165, 1.54) is 77.2 Å². The van der Waals surface area contributed by atoms with Gasteiger partial charge in [-0.25, -0.2) is 0 Å². The van der Waals surface area contributed by atoms with Crippen LogP contribution >= 0.6 is 0 Å². The second-order valence-corrected chi connectivity index (χ2v) is 6.14. The van der Waals surface area contributed by atoms with Crippen molar-refractivity contribution >= 4 is 5.97 Å². The van der Waals surface area contributed by atoms with E-state index >= 15 is 0 Å². The summed E-state index contributed by atoms with van der Waals surface area (Å²) in [5.74, 6) is -0.693. The van der Waals surface area contributed by atoms with Gasteiger partial charge < -0.3 is 10.4 Å². The highest BCUT2D eigenvalue weighted by atomic mass is 16.4. The highest BCUT2D eigenvalue weighted by molar-refractivity contribution is 5.66. The molecule has 3 heteroatoms. The van der Waals surface area contributed by atoms with Crippen LogP contribution in [0.5, 0.6) is 0 Å². The molecule has 3 nitrogen and oxygen atoms in total. The van der Waals surface area contributed by atoms with E-state index in [4.69, 9.17) is 5.11 Å². The SMILES string of the molecule is CCCCC(=O)O.CCCCCCCCCCCCCNC. The molecule has 0 aromatic carbocycles. The first-order chi connectivity index (χ1) is 10.7.